The Kier molecular flexibility index (Phi) is 10.9. The number of allylic oxidation sites excluding steroid dienone is 1. The lowest BCUT2D eigenvalue weighted by molar-refractivity contribution is -0.124. The summed E-state index contributed by atoms with van der Waals surface area (Å²) in [7, 11) is 0. The van der Waals surface area contributed by atoms with Crippen molar-refractivity contribution in [1.82, 2.24) is 5.48 Å². The first-order valence-corrected chi connectivity index (χ1v) is 12.1. The molecule has 0 aliphatic carbocycles. The number of amides is 2. The van der Waals surface area contributed by atoms with E-state index in [-0.39, 0.29) is 13.2 Å². The lowest BCUT2D eigenvalue weighted by Crippen LogP contribution is -2.29. The molecule has 196 valence electrons. The molecule has 0 saturated carbocycles. The van der Waals surface area contributed by atoms with Gasteiger partial charge in [0.2, 0.25) is 0 Å². The van der Waals surface area contributed by atoms with Gasteiger partial charge in [-0.2, -0.15) is 0 Å². The van der Waals surface area contributed by atoms with Crippen molar-refractivity contribution in [3.8, 4) is 5.75 Å². The standard InChI is InChI=1S/C28H32N2O7/c1-2-35-25(15-5-6-16-26(32)30-34)27(21-11-7-12-22(19-21)36-18-17-31)37-28(33)29-24-14-8-10-20-9-3-4-13-23(20)24/h3-4,6-14,16,19,25,27,31,34H,2,5,15,17-18H2,1H3,(H,29,33)(H,30,32)/b16-6+/t25-,27-/m1/s1. The minimum Gasteiger partial charge on any atom is -0.491 e. The number of ether oxygens (including phenoxy) is 3. The number of carbonyl (C=O) groups excluding carboxylic acids is 2. The Morgan fingerprint density at radius 3 is 2.62 bits per heavy atom. The molecule has 0 unspecified atom stereocenters. The second-order valence-corrected chi connectivity index (χ2v) is 8.07. The molecule has 0 bridgehead atoms. The summed E-state index contributed by atoms with van der Waals surface area (Å²) in [6.45, 7) is 2.21. The number of aliphatic hydroxyl groups excluding tert-OH is 1. The van der Waals surface area contributed by atoms with Gasteiger partial charge in [0.05, 0.1) is 18.4 Å². The number of anilines is 1. The van der Waals surface area contributed by atoms with Crippen LogP contribution in [0.15, 0.2) is 78.9 Å². The number of aliphatic hydroxyl groups is 1. The smallest absolute Gasteiger partial charge is 0.412 e. The van der Waals surface area contributed by atoms with Crippen molar-refractivity contribution >= 4 is 28.5 Å². The van der Waals surface area contributed by atoms with Gasteiger partial charge in [-0.05, 0) is 48.9 Å². The van der Waals surface area contributed by atoms with E-state index in [0.717, 1.165) is 10.8 Å². The lowest BCUT2D eigenvalue weighted by atomic mass is 10.00. The van der Waals surface area contributed by atoms with Gasteiger partial charge in [-0.25, -0.2) is 10.3 Å². The molecule has 37 heavy (non-hydrogen) atoms. The first kappa shape index (κ1) is 27.7. The van der Waals surface area contributed by atoms with Crippen LogP contribution in [0.2, 0.25) is 0 Å². The van der Waals surface area contributed by atoms with Crippen molar-refractivity contribution in [2.45, 2.75) is 32.0 Å². The highest BCUT2D eigenvalue weighted by atomic mass is 16.6. The average molecular weight is 509 g/mol. The number of benzene rings is 3. The number of fused-ring (bicyclic) bond motifs is 1. The summed E-state index contributed by atoms with van der Waals surface area (Å²) in [6, 6.07) is 20.4. The van der Waals surface area contributed by atoms with Gasteiger partial charge in [-0.15, -0.1) is 0 Å². The maximum atomic E-state index is 13.1. The lowest BCUT2D eigenvalue weighted by Gasteiger charge is -2.27. The van der Waals surface area contributed by atoms with Gasteiger partial charge in [-0.3, -0.25) is 15.3 Å². The summed E-state index contributed by atoms with van der Waals surface area (Å²) in [5.41, 5.74) is 2.82. The molecular weight excluding hydrogens is 476 g/mol. The quantitative estimate of drug-likeness (QED) is 0.149. The molecule has 9 nitrogen and oxygen atoms in total. The van der Waals surface area contributed by atoms with Gasteiger partial charge in [-0.1, -0.05) is 54.6 Å². The van der Waals surface area contributed by atoms with Crippen molar-refractivity contribution in [2.75, 3.05) is 25.1 Å². The zero-order chi connectivity index (χ0) is 26.5. The van der Waals surface area contributed by atoms with Crippen LogP contribution < -0.4 is 15.5 Å². The predicted molar refractivity (Wildman–Crippen MR) is 140 cm³/mol. The van der Waals surface area contributed by atoms with Gasteiger partial charge < -0.3 is 19.3 Å². The highest BCUT2D eigenvalue weighted by Gasteiger charge is 2.28. The highest BCUT2D eigenvalue weighted by molar-refractivity contribution is 6.00. The van der Waals surface area contributed by atoms with Gasteiger partial charge in [0.1, 0.15) is 12.4 Å². The third kappa shape index (κ3) is 8.32. The summed E-state index contributed by atoms with van der Waals surface area (Å²) in [5.74, 6) is -0.117. The molecule has 3 aromatic carbocycles. The number of hydrogen-bond acceptors (Lipinski definition) is 7. The van der Waals surface area contributed by atoms with E-state index >= 15 is 0 Å². The molecule has 0 spiro atoms. The fourth-order valence-electron chi connectivity index (χ4n) is 3.92. The molecule has 0 aliphatic rings. The third-order valence-electron chi connectivity index (χ3n) is 5.52. The number of carbonyl (C=O) groups is 2. The largest absolute Gasteiger partial charge is 0.491 e. The van der Waals surface area contributed by atoms with Crippen LogP contribution in [0.5, 0.6) is 5.75 Å². The molecule has 2 atom stereocenters. The van der Waals surface area contributed by atoms with Crippen LogP contribution in [-0.4, -0.2) is 48.2 Å². The monoisotopic (exact) mass is 508 g/mol. The van der Waals surface area contributed by atoms with Gasteiger partial charge in [0, 0.05) is 18.1 Å². The van der Waals surface area contributed by atoms with Crippen LogP contribution in [0.3, 0.4) is 0 Å². The molecule has 0 aliphatic heterocycles. The molecule has 0 aromatic heterocycles. The van der Waals surface area contributed by atoms with Gasteiger partial charge >= 0.3 is 6.09 Å². The first-order valence-electron chi connectivity index (χ1n) is 12.1. The summed E-state index contributed by atoms with van der Waals surface area (Å²) in [4.78, 5) is 24.4. The van der Waals surface area contributed by atoms with Crippen molar-refractivity contribution in [1.29, 1.82) is 0 Å². The molecule has 0 saturated heterocycles. The van der Waals surface area contributed by atoms with E-state index in [4.69, 9.17) is 24.5 Å². The topological polar surface area (TPSA) is 126 Å². The molecule has 9 heteroatoms. The summed E-state index contributed by atoms with van der Waals surface area (Å²) in [5, 5.41) is 22.5. The number of hydrogen-bond donors (Lipinski definition) is 4. The fourth-order valence-corrected chi connectivity index (χ4v) is 3.92. The summed E-state index contributed by atoms with van der Waals surface area (Å²) in [6.07, 6.45) is 1.69. The molecule has 3 rings (SSSR count). The van der Waals surface area contributed by atoms with Crippen molar-refractivity contribution < 1.29 is 34.1 Å². The maximum Gasteiger partial charge on any atom is 0.412 e. The zero-order valence-electron chi connectivity index (χ0n) is 20.6. The highest BCUT2D eigenvalue weighted by Crippen LogP contribution is 2.31. The molecular formula is C28H32N2O7. The Bertz CT molecular complexity index is 1190. The van der Waals surface area contributed by atoms with Crippen LogP contribution in [-0.2, 0) is 14.3 Å². The predicted octanol–water partition coefficient (Wildman–Crippen LogP) is 4.75. The van der Waals surface area contributed by atoms with Gasteiger partial charge in [0.25, 0.3) is 5.91 Å². The van der Waals surface area contributed by atoms with E-state index in [0.29, 0.717) is 36.4 Å². The second kappa shape index (κ2) is 14.6. The van der Waals surface area contributed by atoms with Crippen molar-refractivity contribution in [3.63, 3.8) is 0 Å². The Labute approximate surface area is 215 Å². The molecule has 0 fully saturated rings. The number of nitrogens with one attached hydrogen (secondary N) is 2. The Morgan fingerprint density at radius 1 is 1.05 bits per heavy atom. The molecule has 4 N–H and O–H groups in total. The van der Waals surface area contributed by atoms with Crippen LogP contribution in [0.25, 0.3) is 10.8 Å². The number of rotatable bonds is 13. The van der Waals surface area contributed by atoms with E-state index < -0.39 is 24.2 Å². The van der Waals surface area contributed by atoms with Crippen LogP contribution >= 0.6 is 0 Å². The molecule has 0 heterocycles. The molecule has 3 aromatic rings. The van der Waals surface area contributed by atoms with Crippen LogP contribution in [0, 0.1) is 0 Å². The van der Waals surface area contributed by atoms with E-state index in [2.05, 4.69) is 5.32 Å². The van der Waals surface area contributed by atoms with Crippen molar-refractivity contribution in [3.05, 3.63) is 84.4 Å². The molecule has 0 radical (unpaired) electrons. The van der Waals surface area contributed by atoms with Crippen molar-refractivity contribution in [2.24, 2.45) is 0 Å². The normalized spacial score (nSPS) is 12.7. The zero-order valence-corrected chi connectivity index (χ0v) is 20.6. The summed E-state index contributed by atoms with van der Waals surface area (Å²) < 4.78 is 17.4. The minimum absolute atomic E-state index is 0.128. The minimum atomic E-state index is -0.798. The Hall–Kier alpha value is -3.92. The Morgan fingerprint density at radius 2 is 1.84 bits per heavy atom. The van der Waals surface area contributed by atoms with Crippen LogP contribution in [0.4, 0.5) is 10.5 Å². The van der Waals surface area contributed by atoms with Crippen LogP contribution in [0.1, 0.15) is 31.4 Å². The maximum absolute atomic E-state index is 13.1. The summed E-state index contributed by atoms with van der Waals surface area (Å²) >= 11 is 0. The first-order chi connectivity index (χ1) is 18.0. The van der Waals surface area contributed by atoms with E-state index in [9.17, 15) is 9.59 Å². The molecule has 2 amide bonds. The Balaban J connectivity index is 1.85. The third-order valence-corrected chi connectivity index (χ3v) is 5.52. The number of hydroxylamine groups is 1. The van der Waals surface area contributed by atoms with E-state index in [1.165, 1.54) is 6.08 Å². The fraction of sp³-hybridized carbons (Fsp3) is 0.286. The SMILES string of the molecule is CCO[C@H](CC/C=C/C(=O)NO)[C@H](OC(=O)Nc1cccc2ccccc12)c1cccc(OCCO)c1. The second-order valence-electron chi connectivity index (χ2n) is 8.07. The average Bonchev–Trinajstić information content (AvgIpc) is 2.92. The van der Waals surface area contributed by atoms with Gasteiger partial charge in [0.15, 0.2) is 6.10 Å². The van der Waals surface area contributed by atoms with E-state index in [1.54, 1.807) is 35.8 Å². The van der Waals surface area contributed by atoms with E-state index in [1.807, 2.05) is 49.4 Å².